The van der Waals surface area contributed by atoms with E-state index >= 15 is 0 Å². The average molecular weight is 370 g/mol. The van der Waals surface area contributed by atoms with E-state index in [0.717, 1.165) is 41.2 Å². The maximum absolute atomic E-state index is 12.9. The van der Waals surface area contributed by atoms with E-state index < -0.39 is 10.0 Å². The van der Waals surface area contributed by atoms with Crippen LogP contribution in [0.2, 0.25) is 0 Å². The zero-order valence-electron chi connectivity index (χ0n) is 14.2. The highest BCUT2D eigenvalue weighted by atomic mass is 32.2. The number of hydrogen-bond acceptors (Lipinski definition) is 5. The lowest BCUT2D eigenvalue weighted by Gasteiger charge is -2.33. The van der Waals surface area contributed by atoms with Crippen LogP contribution in [0.3, 0.4) is 0 Å². The van der Waals surface area contributed by atoms with Crippen molar-refractivity contribution in [2.75, 3.05) is 32.7 Å². The molecule has 0 N–H and O–H groups in total. The SMILES string of the molecule is CCN1CCN(S(=O)(=O)c2ccc3c(c2)sc(=O)n3C(C)C)CC1. The largest absolute Gasteiger partial charge is 0.308 e. The van der Waals surface area contributed by atoms with E-state index in [1.165, 1.54) is 0 Å². The second-order valence-corrected chi connectivity index (χ2v) is 9.23. The fraction of sp³-hybridized carbons (Fsp3) is 0.562. The predicted molar refractivity (Wildman–Crippen MR) is 97.3 cm³/mol. The summed E-state index contributed by atoms with van der Waals surface area (Å²) in [6.45, 7) is 9.46. The Morgan fingerprint density at radius 3 is 2.42 bits per heavy atom. The number of sulfonamides is 1. The van der Waals surface area contributed by atoms with E-state index in [0.29, 0.717) is 13.1 Å². The number of nitrogens with zero attached hydrogens (tertiary/aromatic N) is 3. The third-order valence-corrected chi connectivity index (χ3v) is 7.33. The van der Waals surface area contributed by atoms with Gasteiger partial charge in [0.1, 0.15) is 0 Å². The first kappa shape index (κ1) is 17.6. The van der Waals surface area contributed by atoms with Crippen LogP contribution in [-0.2, 0) is 10.0 Å². The lowest BCUT2D eigenvalue weighted by atomic mass is 10.3. The first-order valence-corrected chi connectivity index (χ1v) is 10.5. The molecule has 0 unspecified atom stereocenters. The van der Waals surface area contributed by atoms with E-state index in [4.69, 9.17) is 0 Å². The molecule has 1 aliphatic rings. The van der Waals surface area contributed by atoms with Gasteiger partial charge >= 0.3 is 4.87 Å². The molecule has 0 bridgehead atoms. The Morgan fingerprint density at radius 1 is 1.17 bits per heavy atom. The number of hydrogen-bond donors (Lipinski definition) is 0. The van der Waals surface area contributed by atoms with Gasteiger partial charge in [0.25, 0.3) is 0 Å². The molecule has 0 spiro atoms. The molecule has 8 heteroatoms. The second-order valence-electron chi connectivity index (χ2n) is 6.30. The van der Waals surface area contributed by atoms with Crippen LogP contribution in [0.15, 0.2) is 27.9 Å². The van der Waals surface area contributed by atoms with Crippen molar-refractivity contribution < 1.29 is 8.42 Å². The Morgan fingerprint density at radius 2 is 1.83 bits per heavy atom. The fourth-order valence-electron chi connectivity index (χ4n) is 3.10. The van der Waals surface area contributed by atoms with Gasteiger partial charge in [0, 0.05) is 32.2 Å². The second kappa shape index (κ2) is 6.59. The predicted octanol–water partition coefficient (Wildman–Crippen LogP) is 1.97. The summed E-state index contributed by atoms with van der Waals surface area (Å²) in [6.07, 6.45) is 0. The smallest absolute Gasteiger partial charge is 0.301 e. The van der Waals surface area contributed by atoms with Crippen LogP contribution in [0.1, 0.15) is 26.8 Å². The fourth-order valence-corrected chi connectivity index (χ4v) is 5.68. The van der Waals surface area contributed by atoms with Gasteiger partial charge in [-0.2, -0.15) is 4.31 Å². The summed E-state index contributed by atoms with van der Waals surface area (Å²) in [5.74, 6) is 0. The Bertz CT molecular complexity index is 891. The summed E-state index contributed by atoms with van der Waals surface area (Å²) in [5.41, 5.74) is 0.801. The quantitative estimate of drug-likeness (QED) is 0.827. The molecule has 1 aromatic heterocycles. The summed E-state index contributed by atoms with van der Waals surface area (Å²) in [4.78, 5) is 14.6. The maximum atomic E-state index is 12.9. The molecule has 1 saturated heterocycles. The topological polar surface area (TPSA) is 62.6 Å². The highest BCUT2D eigenvalue weighted by molar-refractivity contribution is 7.89. The zero-order valence-corrected chi connectivity index (χ0v) is 15.9. The van der Waals surface area contributed by atoms with E-state index in [2.05, 4.69) is 11.8 Å². The summed E-state index contributed by atoms with van der Waals surface area (Å²) < 4.78 is 29.7. The van der Waals surface area contributed by atoms with E-state index in [-0.39, 0.29) is 15.8 Å². The zero-order chi connectivity index (χ0) is 17.5. The van der Waals surface area contributed by atoms with Gasteiger partial charge in [-0.25, -0.2) is 8.42 Å². The van der Waals surface area contributed by atoms with Crippen molar-refractivity contribution in [3.8, 4) is 0 Å². The number of likely N-dealkylation sites (N-methyl/N-ethyl adjacent to an activating group) is 1. The van der Waals surface area contributed by atoms with E-state index in [9.17, 15) is 13.2 Å². The van der Waals surface area contributed by atoms with Crippen LogP contribution in [0.5, 0.6) is 0 Å². The van der Waals surface area contributed by atoms with Crippen LogP contribution >= 0.6 is 11.3 Å². The summed E-state index contributed by atoms with van der Waals surface area (Å²) >= 11 is 1.10. The maximum Gasteiger partial charge on any atom is 0.308 e. The molecular formula is C16H23N3O3S2. The summed E-state index contributed by atoms with van der Waals surface area (Å²) in [7, 11) is -3.51. The van der Waals surface area contributed by atoms with Gasteiger partial charge in [-0.05, 0) is 38.6 Å². The van der Waals surface area contributed by atoms with Crippen molar-refractivity contribution in [3.05, 3.63) is 27.9 Å². The van der Waals surface area contributed by atoms with Crippen molar-refractivity contribution in [2.24, 2.45) is 0 Å². The van der Waals surface area contributed by atoms with Crippen LogP contribution in [0.4, 0.5) is 0 Å². The van der Waals surface area contributed by atoms with Crippen molar-refractivity contribution in [3.63, 3.8) is 0 Å². The molecule has 3 rings (SSSR count). The van der Waals surface area contributed by atoms with Crippen molar-refractivity contribution >= 4 is 31.6 Å². The summed E-state index contributed by atoms with van der Waals surface area (Å²) in [5, 5.41) is 0. The van der Waals surface area contributed by atoms with Gasteiger partial charge in [-0.15, -0.1) is 0 Å². The molecule has 24 heavy (non-hydrogen) atoms. The van der Waals surface area contributed by atoms with Gasteiger partial charge in [-0.3, -0.25) is 9.36 Å². The Balaban J connectivity index is 1.96. The minimum Gasteiger partial charge on any atom is -0.301 e. The number of fused-ring (bicyclic) bond motifs is 1. The van der Waals surface area contributed by atoms with Gasteiger partial charge < -0.3 is 4.90 Å². The molecule has 1 fully saturated rings. The number of benzene rings is 1. The summed E-state index contributed by atoms with van der Waals surface area (Å²) in [6, 6.07) is 5.06. The minimum atomic E-state index is -3.51. The average Bonchev–Trinajstić information content (AvgIpc) is 2.89. The number of piperazine rings is 1. The Labute approximate surface area is 146 Å². The van der Waals surface area contributed by atoms with Crippen LogP contribution in [-0.4, -0.2) is 54.9 Å². The van der Waals surface area contributed by atoms with Crippen molar-refractivity contribution in [1.29, 1.82) is 0 Å². The highest BCUT2D eigenvalue weighted by Crippen LogP contribution is 2.26. The Kier molecular flexibility index (Phi) is 4.83. The Hall–Kier alpha value is -1.22. The third kappa shape index (κ3) is 3.03. The highest BCUT2D eigenvalue weighted by Gasteiger charge is 2.28. The van der Waals surface area contributed by atoms with Crippen LogP contribution in [0, 0.1) is 0 Å². The normalized spacial score (nSPS) is 17.8. The molecule has 0 amide bonds. The molecule has 0 aliphatic carbocycles. The third-order valence-electron chi connectivity index (χ3n) is 4.52. The molecule has 0 atom stereocenters. The number of thiazole rings is 1. The molecule has 1 aromatic carbocycles. The molecule has 2 heterocycles. The van der Waals surface area contributed by atoms with E-state index in [1.54, 1.807) is 27.1 Å². The molecular weight excluding hydrogens is 346 g/mol. The van der Waals surface area contributed by atoms with Crippen LogP contribution < -0.4 is 4.87 Å². The standard InChI is InChI=1S/C16H23N3O3S2/c1-4-17-7-9-18(10-8-17)24(21,22)13-5-6-14-15(11-13)23-16(20)19(14)12(2)3/h5-6,11-12H,4,7-10H2,1-3H3. The lowest BCUT2D eigenvalue weighted by molar-refractivity contribution is 0.196. The lowest BCUT2D eigenvalue weighted by Crippen LogP contribution is -2.48. The van der Waals surface area contributed by atoms with Crippen LogP contribution in [0.25, 0.3) is 10.2 Å². The molecule has 0 saturated carbocycles. The molecule has 1 aliphatic heterocycles. The van der Waals surface area contributed by atoms with Gasteiger partial charge in [-0.1, -0.05) is 18.3 Å². The van der Waals surface area contributed by atoms with Gasteiger partial charge in [0.15, 0.2) is 0 Å². The molecule has 6 nitrogen and oxygen atoms in total. The molecule has 0 radical (unpaired) electrons. The molecule has 132 valence electrons. The monoisotopic (exact) mass is 369 g/mol. The molecule has 2 aromatic rings. The minimum absolute atomic E-state index is 0.0499. The van der Waals surface area contributed by atoms with E-state index in [1.807, 2.05) is 13.8 Å². The van der Waals surface area contributed by atoms with Crippen molar-refractivity contribution in [1.82, 2.24) is 13.8 Å². The number of rotatable bonds is 4. The van der Waals surface area contributed by atoms with Crippen molar-refractivity contribution in [2.45, 2.75) is 31.7 Å². The first-order chi connectivity index (χ1) is 11.3. The first-order valence-electron chi connectivity index (χ1n) is 8.22. The number of aromatic nitrogens is 1. The van der Waals surface area contributed by atoms with Gasteiger partial charge in [0.2, 0.25) is 10.0 Å². The van der Waals surface area contributed by atoms with Gasteiger partial charge in [0.05, 0.1) is 15.1 Å².